The van der Waals surface area contributed by atoms with Crippen LogP contribution in [0.25, 0.3) is 0 Å². The van der Waals surface area contributed by atoms with Crippen LogP contribution in [-0.2, 0) is 9.47 Å². The van der Waals surface area contributed by atoms with Gasteiger partial charge in [-0.2, -0.15) is 5.26 Å². The minimum atomic E-state index is -0.213. The molecule has 1 aromatic carbocycles. The van der Waals surface area contributed by atoms with Gasteiger partial charge in [0.2, 0.25) is 0 Å². The van der Waals surface area contributed by atoms with Crippen molar-refractivity contribution < 1.29 is 9.47 Å². The van der Waals surface area contributed by atoms with Crippen molar-refractivity contribution in [1.29, 1.82) is 5.26 Å². The van der Waals surface area contributed by atoms with E-state index in [-0.39, 0.29) is 12.2 Å². The van der Waals surface area contributed by atoms with Crippen molar-refractivity contribution in [2.75, 3.05) is 13.2 Å². The van der Waals surface area contributed by atoms with Crippen LogP contribution in [0.3, 0.4) is 0 Å². The van der Waals surface area contributed by atoms with Crippen molar-refractivity contribution in [3.05, 3.63) is 35.9 Å². The third-order valence-electron chi connectivity index (χ3n) is 2.48. The molecule has 0 aliphatic carbocycles. The fourth-order valence-electron chi connectivity index (χ4n) is 1.68. The van der Waals surface area contributed by atoms with E-state index in [1.165, 1.54) is 0 Å². The first-order valence-electron chi connectivity index (χ1n) is 5.08. The second-order valence-corrected chi connectivity index (χ2v) is 3.50. The van der Waals surface area contributed by atoms with Crippen molar-refractivity contribution in [1.82, 2.24) is 0 Å². The van der Waals surface area contributed by atoms with E-state index in [1.54, 1.807) is 0 Å². The second-order valence-electron chi connectivity index (χ2n) is 3.50. The lowest BCUT2D eigenvalue weighted by Crippen LogP contribution is -2.12. The second kappa shape index (κ2) is 4.92. The average molecular weight is 203 g/mol. The lowest BCUT2D eigenvalue weighted by Gasteiger charge is -2.13. The van der Waals surface area contributed by atoms with Crippen LogP contribution in [0.15, 0.2) is 30.3 Å². The quantitative estimate of drug-likeness (QED) is 0.755. The Kier molecular flexibility index (Phi) is 3.33. The van der Waals surface area contributed by atoms with E-state index in [0.29, 0.717) is 19.6 Å². The molecular weight excluding hydrogens is 190 g/mol. The molecule has 1 atom stereocenters. The van der Waals surface area contributed by atoms with Crippen molar-refractivity contribution in [2.45, 2.75) is 18.6 Å². The number of nitrogens with zero attached hydrogens (tertiary/aromatic N) is 1. The zero-order valence-corrected chi connectivity index (χ0v) is 8.43. The van der Waals surface area contributed by atoms with Crippen LogP contribution in [-0.4, -0.2) is 19.5 Å². The lowest BCUT2D eigenvalue weighted by molar-refractivity contribution is -0.0483. The number of nitriles is 1. The standard InChI is InChI=1S/C12H13NO2/c13-9-11(8-12-14-6-7-15-12)10-4-2-1-3-5-10/h1-5,11-12H,6-8H2. The minimum Gasteiger partial charge on any atom is -0.350 e. The van der Waals surface area contributed by atoms with Crippen LogP contribution in [0.2, 0.25) is 0 Å². The van der Waals surface area contributed by atoms with Crippen LogP contribution in [0, 0.1) is 11.3 Å². The molecular formula is C12H13NO2. The van der Waals surface area contributed by atoms with E-state index in [0.717, 1.165) is 5.56 Å². The summed E-state index contributed by atoms with van der Waals surface area (Å²) in [6.07, 6.45) is 0.399. The molecule has 1 saturated heterocycles. The molecule has 1 unspecified atom stereocenters. The Morgan fingerprint density at radius 1 is 1.27 bits per heavy atom. The summed E-state index contributed by atoms with van der Waals surface area (Å²) in [6.45, 7) is 1.27. The SMILES string of the molecule is N#CC(CC1OCCO1)c1ccccc1. The molecule has 15 heavy (non-hydrogen) atoms. The van der Waals surface area contributed by atoms with Crippen molar-refractivity contribution in [3.63, 3.8) is 0 Å². The van der Waals surface area contributed by atoms with E-state index >= 15 is 0 Å². The number of hydrogen-bond acceptors (Lipinski definition) is 3. The van der Waals surface area contributed by atoms with Crippen molar-refractivity contribution in [3.8, 4) is 6.07 Å². The average Bonchev–Trinajstić information content (AvgIpc) is 2.80. The molecule has 0 saturated carbocycles. The number of rotatable bonds is 3. The van der Waals surface area contributed by atoms with Gasteiger partial charge in [-0.1, -0.05) is 30.3 Å². The number of benzene rings is 1. The minimum absolute atomic E-state index is 0.144. The van der Waals surface area contributed by atoms with Gasteiger partial charge in [0.1, 0.15) is 0 Å². The maximum atomic E-state index is 9.08. The number of hydrogen-bond donors (Lipinski definition) is 0. The highest BCUT2D eigenvalue weighted by Crippen LogP contribution is 2.23. The van der Waals surface area contributed by atoms with Gasteiger partial charge in [0.05, 0.1) is 25.2 Å². The molecule has 1 aliphatic heterocycles. The van der Waals surface area contributed by atoms with Gasteiger partial charge in [-0.3, -0.25) is 0 Å². The molecule has 0 N–H and O–H groups in total. The zero-order valence-electron chi connectivity index (χ0n) is 8.43. The molecule has 0 radical (unpaired) electrons. The highest BCUT2D eigenvalue weighted by molar-refractivity contribution is 5.24. The van der Waals surface area contributed by atoms with Crippen LogP contribution < -0.4 is 0 Å². The smallest absolute Gasteiger partial charge is 0.159 e. The molecule has 0 spiro atoms. The van der Waals surface area contributed by atoms with E-state index in [1.807, 2.05) is 30.3 Å². The highest BCUT2D eigenvalue weighted by atomic mass is 16.7. The van der Waals surface area contributed by atoms with Gasteiger partial charge >= 0.3 is 0 Å². The Morgan fingerprint density at radius 3 is 2.53 bits per heavy atom. The third kappa shape index (κ3) is 2.56. The molecule has 3 nitrogen and oxygen atoms in total. The Bertz CT molecular complexity index is 338. The van der Waals surface area contributed by atoms with Crippen LogP contribution in [0.1, 0.15) is 17.9 Å². The van der Waals surface area contributed by atoms with Gasteiger partial charge < -0.3 is 9.47 Å². The summed E-state index contributed by atoms with van der Waals surface area (Å²) in [6, 6.07) is 12.0. The van der Waals surface area contributed by atoms with E-state index in [9.17, 15) is 0 Å². The Hall–Kier alpha value is -1.37. The van der Waals surface area contributed by atoms with Crippen LogP contribution >= 0.6 is 0 Å². The first-order valence-corrected chi connectivity index (χ1v) is 5.08. The summed E-state index contributed by atoms with van der Waals surface area (Å²) in [5.74, 6) is -0.144. The predicted molar refractivity (Wildman–Crippen MR) is 55.1 cm³/mol. The molecule has 0 amide bonds. The van der Waals surface area contributed by atoms with Gasteiger partial charge in [-0.25, -0.2) is 0 Å². The fraction of sp³-hybridized carbons (Fsp3) is 0.417. The van der Waals surface area contributed by atoms with Crippen LogP contribution in [0.4, 0.5) is 0 Å². The summed E-state index contributed by atoms with van der Waals surface area (Å²) in [4.78, 5) is 0. The van der Waals surface area contributed by atoms with E-state index < -0.39 is 0 Å². The summed E-state index contributed by atoms with van der Waals surface area (Å²) in [5, 5.41) is 9.08. The molecule has 0 aromatic heterocycles. The predicted octanol–water partition coefficient (Wildman–Crippen LogP) is 2.06. The van der Waals surface area contributed by atoms with E-state index in [4.69, 9.17) is 14.7 Å². The van der Waals surface area contributed by atoms with Gasteiger partial charge in [0.15, 0.2) is 6.29 Å². The topological polar surface area (TPSA) is 42.2 Å². The molecule has 78 valence electrons. The Labute approximate surface area is 89.2 Å². The first kappa shape index (κ1) is 10.2. The maximum absolute atomic E-state index is 9.08. The monoisotopic (exact) mass is 203 g/mol. The van der Waals surface area contributed by atoms with E-state index in [2.05, 4.69) is 6.07 Å². The van der Waals surface area contributed by atoms with Gasteiger partial charge in [0.25, 0.3) is 0 Å². The first-order chi connectivity index (χ1) is 7.40. The lowest BCUT2D eigenvalue weighted by atomic mass is 9.97. The molecule has 1 aliphatic rings. The molecule has 1 heterocycles. The summed E-state index contributed by atoms with van der Waals surface area (Å²) < 4.78 is 10.7. The van der Waals surface area contributed by atoms with Gasteiger partial charge in [-0.15, -0.1) is 0 Å². The van der Waals surface area contributed by atoms with Gasteiger partial charge in [0, 0.05) is 6.42 Å². The van der Waals surface area contributed by atoms with Crippen LogP contribution in [0.5, 0.6) is 0 Å². The molecule has 2 rings (SSSR count). The largest absolute Gasteiger partial charge is 0.350 e. The summed E-state index contributed by atoms with van der Waals surface area (Å²) >= 11 is 0. The van der Waals surface area contributed by atoms with Gasteiger partial charge in [-0.05, 0) is 5.56 Å². The number of ether oxygens (including phenoxy) is 2. The molecule has 3 heteroatoms. The normalized spacial score (nSPS) is 18.6. The molecule has 0 bridgehead atoms. The molecule has 1 fully saturated rings. The summed E-state index contributed by atoms with van der Waals surface area (Å²) in [7, 11) is 0. The summed E-state index contributed by atoms with van der Waals surface area (Å²) in [5.41, 5.74) is 1.03. The Morgan fingerprint density at radius 2 is 1.93 bits per heavy atom. The zero-order chi connectivity index (χ0) is 10.5. The van der Waals surface area contributed by atoms with Crippen molar-refractivity contribution in [2.24, 2.45) is 0 Å². The maximum Gasteiger partial charge on any atom is 0.159 e. The highest BCUT2D eigenvalue weighted by Gasteiger charge is 2.22. The Balaban J connectivity index is 2.02. The molecule has 1 aromatic rings. The third-order valence-corrected chi connectivity index (χ3v) is 2.48. The fourth-order valence-corrected chi connectivity index (χ4v) is 1.68. The van der Waals surface area contributed by atoms with Crippen molar-refractivity contribution >= 4 is 0 Å².